The molecule has 2 bridgehead atoms. The molecule has 2 N–H and O–H groups in total. The first-order valence-electron chi connectivity index (χ1n) is 9.84. The van der Waals surface area contributed by atoms with E-state index >= 15 is 0 Å². The number of halogens is 1. The number of nitrogens with two attached hydrogens (primary N) is 1. The van der Waals surface area contributed by atoms with Crippen molar-refractivity contribution >= 4 is 11.3 Å². The zero-order valence-electron chi connectivity index (χ0n) is 15.9. The number of rotatable bonds is 4. The van der Waals surface area contributed by atoms with Gasteiger partial charge in [-0.3, -0.25) is 9.88 Å². The Morgan fingerprint density at radius 1 is 1.28 bits per heavy atom. The lowest BCUT2D eigenvalue weighted by atomic mass is 9.93. The predicted octanol–water partition coefficient (Wildman–Crippen LogP) is 4.41. The maximum atomic E-state index is 14.3. The third kappa shape index (κ3) is 3.25. The van der Waals surface area contributed by atoms with Gasteiger partial charge in [0, 0.05) is 36.9 Å². The number of thiazole rings is 1. The molecule has 1 aliphatic heterocycles. The molecule has 3 atom stereocenters. The van der Waals surface area contributed by atoms with E-state index in [1.165, 1.54) is 18.1 Å². The third-order valence-corrected chi connectivity index (χ3v) is 7.03. The largest absolute Gasteiger partial charge is 0.326 e. The molecule has 1 saturated carbocycles. The SMILES string of the molecule is N#Cc1ccc(-c2cccc(CN3C[C@H]4C[C@@H]3[C@@H](N)C4)c2-c2cncs2)cc1F. The fraction of sp³-hybridized carbons (Fsp3) is 0.304. The number of likely N-dealkylation sites (tertiary alicyclic amines) is 1. The van der Waals surface area contributed by atoms with Crippen molar-refractivity contribution in [2.75, 3.05) is 6.54 Å². The van der Waals surface area contributed by atoms with Gasteiger partial charge in [0.2, 0.25) is 0 Å². The van der Waals surface area contributed by atoms with Gasteiger partial charge in [-0.25, -0.2) is 4.39 Å². The monoisotopic (exact) mass is 404 g/mol. The summed E-state index contributed by atoms with van der Waals surface area (Å²) >= 11 is 1.58. The van der Waals surface area contributed by atoms with Crippen molar-refractivity contribution in [3.8, 4) is 27.6 Å². The predicted molar refractivity (Wildman–Crippen MR) is 113 cm³/mol. The molecule has 2 aliphatic rings. The normalized spacial score (nSPS) is 23.4. The number of benzene rings is 2. The molecule has 1 aliphatic carbocycles. The van der Waals surface area contributed by atoms with Crippen molar-refractivity contribution in [2.24, 2.45) is 11.7 Å². The summed E-state index contributed by atoms with van der Waals surface area (Å²) in [5.41, 5.74) is 12.3. The quantitative estimate of drug-likeness (QED) is 0.700. The minimum Gasteiger partial charge on any atom is -0.326 e. The van der Waals surface area contributed by atoms with Crippen LogP contribution in [0.5, 0.6) is 0 Å². The van der Waals surface area contributed by atoms with Crippen molar-refractivity contribution in [1.29, 1.82) is 5.26 Å². The molecular weight excluding hydrogens is 383 g/mol. The van der Waals surface area contributed by atoms with Crippen LogP contribution in [0.1, 0.15) is 24.0 Å². The zero-order valence-corrected chi connectivity index (χ0v) is 16.7. The van der Waals surface area contributed by atoms with Gasteiger partial charge < -0.3 is 5.73 Å². The maximum Gasteiger partial charge on any atom is 0.141 e. The van der Waals surface area contributed by atoms with Gasteiger partial charge in [0.25, 0.3) is 0 Å². The van der Waals surface area contributed by atoms with Crippen LogP contribution in [0, 0.1) is 23.1 Å². The smallest absolute Gasteiger partial charge is 0.141 e. The molecule has 5 rings (SSSR count). The highest BCUT2D eigenvalue weighted by molar-refractivity contribution is 7.13. The zero-order chi connectivity index (χ0) is 20.0. The van der Waals surface area contributed by atoms with Gasteiger partial charge in [-0.05, 0) is 47.6 Å². The number of nitrogens with zero attached hydrogens (tertiary/aromatic N) is 3. The van der Waals surface area contributed by atoms with Crippen LogP contribution >= 0.6 is 11.3 Å². The van der Waals surface area contributed by atoms with E-state index in [2.05, 4.69) is 16.0 Å². The van der Waals surface area contributed by atoms with Gasteiger partial charge in [-0.2, -0.15) is 5.26 Å². The molecule has 4 nitrogen and oxygen atoms in total. The van der Waals surface area contributed by atoms with Crippen molar-refractivity contribution in [3.05, 3.63) is 65.0 Å². The molecule has 0 spiro atoms. The molecule has 0 radical (unpaired) electrons. The molecule has 2 fully saturated rings. The van der Waals surface area contributed by atoms with E-state index < -0.39 is 5.82 Å². The Balaban J connectivity index is 1.59. The summed E-state index contributed by atoms with van der Waals surface area (Å²) in [6, 6.07) is 13.6. The topological polar surface area (TPSA) is 65.9 Å². The van der Waals surface area contributed by atoms with Crippen molar-refractivity contribution in [2.45, 2.75) is 31.5 Å². The van der Waals surface area contributed by atoms with Crippen LogP contribution in [0.25, 0.3) is 21.6 Å². The third-order valence-electron chi connectivity index (χ3n) is 6.24. The summed E-state index contributed by atoms with van der Waals surface area (Å²) in [4.78, 5) is 7.83. The summed E-state index contributed by atoms with van der Waals surface area (Å²) in [6.45, 7) is 1.92. The van der Waals surface area contributed by atoms with Crippen LogP contribution in [-0.2, 0) is 6.54 Å². The summed E-state index contributed by atoms with van der Waals surface area (Å²) in [7, 11) is 0. The molecule has 0 amide bonds. The van der Waals surface area contributed by atoms with Crippen molar-refractivity contribution < 1.29 is 4.39 Å². The maximum absolute atomic E-state index is 14.3. The van der Waals surface area contributed by atoms with E-state index in [1.54, 1.807) is 17.4 Å². The van der Waals surface area contributed by atoms with Crippen LogP contribution in [0.4, 0.5) is 4.39 Å². The van der Waals surface area contributed by atoms with E-state index in [1.807, 2.05) is 36.0 Å². The number of piperidine rings is 1. The fourth-order valence-electron chi connectivity index (χ4n) is 4.97. The van der Waals surface area contributed by atoms with Crippen LogP contribution in [0.15, 0.2) is 48.1 Å². The highest BCUT2D eigenvalue weighted by Crippen LogP contribution is 2.41. The van der Waals surface area contributed by atoms with Gasteiger partial charge in [0.05, 0.1) is 16.0 Å². The number of hydrogen-bond acceptors (Lipinski definition) is 5. The number of fused-ring (bicyclic) bond motifs is 2. The van der Waals surface area contributed by atoms with Crippen LogP contribution in [0.2, 0.25) is 0 Å². The van der Waals surface area contributed by atoms with Crippen LogP contribution in [0.3, 0.4) is 0 Å². The van der Waals surface area contributed by atoms with E-state index in [0.29, 0.717) is 12.0 Å². The molecule has 1 saturated heterocycles. The molecule has 29 heavy (non-hydrogen) atoms. The lowest BCUT2D eigenvalue weighted by Gasteiger charge is -2.32. The van der Waals surface area contributed by atoms with Crippen molar-refractivity contribution in [3.63, 3.8) is 0 Å². The van der Waals surface area contributed by atoms with E-state index in [0.717, 1.165) is 41.1 Å². The van der Waals surface area contributed by atoms with Gasteiger partial charge in [-0.15, -0.1) is 11.3 Å². The molecule has 1 aromatic heterocycles. The number of nitriles is 1. The minimum absolute atomic E-state index is 0.0614. The average molecular weight is 405 g/mol. The van der Waals surface area contributed by atoms with E-state index in [-0.39, 0.29) is 11.6 Å². The Kier molecular flexibility index (Phi) is 4.67. The average Bonchev–Trinajstić information content (AvgIpc) is 3.45. The number of aromatic nitrogens is 1. The van der Waals surface area contributed by atoms with Gasteiger partial charge in [0.1, 0.15) is 11.9 Å². The van der Waals surface area contributed by atoms with Gasteiger partial charge in [-0.1, -0.05) is 24.3 Å². The van der Waals surface area contributed by atoms with E-state index in [4.69, 9.17) is 11.0 Å². The second-order valence-corrected chi connectivity index (χ2v) is 8.90. The molecule has 6 heteroatoms. The van der Waals surface area contributed by atoms with E-state index in [9.17, 15) is 4.39 Å². The Hall–Kier alpha value is -2.59. The lowest BCUT2D eigenvalue weighted by molar-refractivity contribution is 0.185. The van der Waals surface area contributed by atoms with Crippen LogP contribution < -0.4 is 5.73 Å². The summed E-state index contributed by atoms with van der Waals surface area (Å²) in [5, 5.41) is 9.05. The number of hydrogen-bond donors (Lipinski definition) is 1. The minimum atomic E-state index is -0.492. The summed E-state index contributed by atoms with van der Waals surface area (Å²) in [5.74, 6) is 0.214. The highest BCUT2D eigenvalue weighted by atomic mass is 32.1. The standard InChI is InChI=1S/C23H21FN4S/c24-19-8-15(4-5-16(19)9-25)18-3-1-2-17(23(18)22-10-27-13-29-22)12-28-11-14-6-20(26)21(28)7-14/h1-5,8,10,13-14,20-21H,6-7,11-12,26H2/t14-,20+,21-/m1/s1. The molecule has 3 aromatic rings. The molecule has 146 valence electrons. The molecular formula is C23H21FN4S. The second kappa shape index (κ2) is 7.34. The first kappa shape index (κ1) is 18.4. The fourth-order valence-corrected chi connectivity index (χ4v) is 5.68. The Morgan fingerprint density at radius 3 is 2.86 bits per heavy atom. The Labute approximate surface area is 173 Å². The lowest BCUT2D eigenvalue weighted by Crippen LogP contribution is -2.45. The Morgan fingerprint density at radius 2 is 2.17 bits per heavy atom. The summed E-state index contributed by atoms with van der Waals surface area (Å²) < 4.78 is 14.3. The molecule has 2 aromatic carbocycles. The van der Waals surface area contributed by atoms with Crippen molar-refractivity contribution in [1.82, 2.24) is 9.88 Å². The van der Waals surface area contributed by atoms with Gasteiger partial charge in [0.15, 0.2) is 0 Å². The second-order valence-electron chi connectivity index (χ2n) is 8.01. The van der Waals surface area contributed by atoms with Gasteiger partial charge >= 0.3 is 0 Å². The highest BCUT2D eigenvalue weighted by Gasteiger charge is 2.43. The first-order chi connectivity index (χ1) is 14.1. The Bertz CT molecular complexity index is 1090. The summed E-state index contributed by atoms with van der Waals surface area (Å²) in [6.07, 6.45) is 4.19. The molecule has 0 unspecified atom stereocenters. The first-order valence-corrected chi connectivity index (χ1v) is 10.7. The molecule has 2 heterocycles. The van der Waals surface area contributed by atoms with Crippen LogP contribution in [-0.4, -0.2) is 28.5 Å².